The molecule has 1 amide bonds. The maximum absolute atomic E-state index is 13.3. The molecule has 0 bridgehead atoms. The van der Waals surface area contributed by atoms with E-state index in [-0.39, 0.29) is 18.2 Å². The first kappa shape index (κ1) is 17.6. The molecule has 28 heavy (non-hydrogen) atoms. The lowest BCUT2D eigenvalue weighted by molar-refractivity contribution is 0.0426. The topological polar surface area (TPSA) is 60.0 Å². The van der Waals surface area contributed by atoms with Crippen LogP contribution in [0.25, 0.3) is 0 Å². The predicted molar refractivity (Wildman–Crippen MR) is 105 cm³/mol. The summed E-state index contributed by atoms with van der Waals surface area (Å²) in [5.41, 5.74) is 2.34. The number of hydrogen-bond acceptors (Lipinski definition) is 5. The summed E-state index contributed by atoms with van der Waals surface area (Å²) < 4.78 is 17.2. The van der Waals surface area contributed by atoms with Gasteiger partial charge >= 0.3 is 0 Å². The molecule has 2 aromatic carbocycles. The van der Waals surface area contributed by atoms with Crippen LogP contribution in [0.15, 0.2) is 36.4 Å². The predicted octanol–water partition coefficient (Wildman–Crippen LogP) is 3.86. The van der Waals surface area contributed by atoms with Gasteiger partial charge in [-0.1, -0.05) is 23.7 Å². The quantitative estimate of drug-likeness (QED) is 0.847. The number of anilines is 1. The fraction of sp³-hybridized carbons (Fsp3) is 0.381. The molecule has 2 atom stereocenters. The normalized spacial score (nSPS) is 23.3. The largest absolute Gasteiger partial charge is 0.486 e. The molecule has 0 aliphatic carbocycles. The molecule has 3 heterocycles. The minimum atomic E-state index is -0.361. The minimum absolute atomic E-state index is 0.0131. The molecule has 2 aromatic rings. The summed E-state index contributed by atoms with van der Waals surface area (Å²) in [4.78, 5) is 15.1. The first-order valence-corrected chi connectivity index (χ1v) is 9.95. The molecular formula is C21H21ClN2O4. The molecule has 5 rings (SSSR count). The van der Waals surface area contributed by atoms with E-state index in [9.17, 15) is 4.79 Å². The summed E-state index contributed by atoms with van der Waals surface area (Å²) in [7, 11) is 0. The number of fused-ring (bicyclic) bond motifs is 2. The summed E-state index contributed by atoms with van der Waals surface area (Å²) >= 11 is 6.46. The molecule has 0 spiro atoms. The lowest BCUT2D eigenvalue weighted by Gasteiger charge is -2.39. The summed E-state index contributed by atoms with van der Waals surface area (Å²) in [6.07, 6.45) is 1.67. The molecule has 2 unspecified atom stereocenters. The van der Waals surface area contributed by atoms with Crippen molar-refractivity contribution < 1.29 is 19.0 Å². The summed E-state index contributed by atoms with van der Waals surface area (Å²) in [6, 6.07) is 11.3. The van der Waals surface area contributed by atoms with Crippen LogP contribution in [0.1, 0.15) is 34.9 Å². The number of rotatable bonds is 3. The standard InChI is InChI=1S/C21H21ClN2O4/c22-16-10-13(11-18-19(16)28-9-8-27-18)20-23-17-6-2-1-5-15(17)21(25)24(20)12-14-4-3-7-26-14/h1-2,5-6,10-11,14,20,23H,3-4,7-9,12H2. The van der Waals surface area contributed by atoms with Crippen LogP contribution in [-0.4, -0.2) is 43.3 Å². The highest BCUT2D eigenvalue weighted by molar-refractivity contribution is 6.32. The Bertz CT molecular complexity index is 913. The van der Waals surface area contributed by atoms with Crippen LogP contribution in [0.4, 0.5) is 5.69 Å². The van der Waals surface area contributed by atoms with Gasteiger partial charge < -0.3 is 24.4 Å². The van der Waals surface area contributed by atoms with Crippen molar-refractivity contribution in [3.63, 3.8) is 0 Å². The molecule has 146 valence electrons. The molecule has 1 fully saturated rings. The van der Waals surface area contributed by atoms with Crippen LogP contribution in [0.3, 0.4) is 0 Å². The molecule has 0 radical (unpaired) electrons. The zero-order valence-electron chi connectivity index (χ0n) is 15.3. The van der Waals surface area contributed by atoms with Crippen LogP contribution in [-0.2, 0) is 4.74 Å². The number of hydrogen-bond donors (Lipinski definition) is 1. The van der Waals surface area contributed by atoms with Gasteiger partial charge in [0, 0.05) is 24.4 Å². The first-order valence-electron chi connectivity index (χ1n) is 9.58. The SMILES string of the molecule is O=C1c2ccccc2NC(c2cc(Cl)c3c(c2)OCCO3)N1CC1CCCO1. The average molecular weight is 401 g/mol. The zero-order valence-corrected chi connectivity index (χ0v) is 16.1. The van der Waals surface area contributed by atoms with Crippen LogP contribution < -0.4 is 14.8 Å². The van der Waals surface area contributed by atoms with Gasteiger partial charge in [-0.15, -0.1) is 0 Å². The van der Waals surface area contributed by atoms with Crippen LogP contribution in [0.2, 0.25) is 5.02 Å². The van der Waals surface area contributed by atoms with E-state index in [1.165, 1.54) is 0 Å². The second kappa shape index (κ2) is 7.18. The van der Waals surface area contributed by atoms with Crippen molar-refractivity contribution in [2.45, 2.75) is 25.1 Å². The Morgan fingerprint density at radius 1 is 1.14 bits per heavy atom. The van der Waals surface area contributed by atoms with E-state index in [4.69, 9.17) is 25.8 Å². The molecule has 0 aromatic heterocycles. The van der Waals surface area contributed by atoms with Crippen molar-refractivity contribution in [2.24, 2.45) is 0 Å². The highest BCUT2D eigenvalue weighted by atomic mass is 35.5. The third-order valence-electron chi connectivity index (χ3n) is 5.38. The monoisotopic (exact) mass is 400 g/mol. The number of carbonyl (C=O) groups is 1. The third kappa shape index (κ3) is 3.06. The number of carbonyl (C=O) groups excluding carboxylic acids is 1. The number of nitrogens with one attached hydrogen (secondary N) is 1. The van der Waals surface area contributed by atoms with Gasteiger partial charge in [-0.3, -0.25) is 4.79 Å². The van der Waals surface area contributed by atoms with Crippen molar-refractivity contribution in [2.75, 3.05) is 31.7 Å². The van der Waals surface area contributed by atoms with Gasteiger partial charge in [0.15, 0.2) is 11.5 Å². The van der Waals surface area contributed by atoms with Gasteiger partial charge in [-0.05, 0) is 37.1 Å². The minimum Gasteiger partial charge on any atom is -0.486 e. The van der Waals surface area contributed by atoms with Gasteiger partial charge in [-0.2, -0.15) is 0 Å². The van der Waals surface area contributed by atoms with Gasteiger partial charge in [0.05, 0.1) is 16.7 Å². The lowest BCUT2D eigenvalue weighted by Crippen LogP contribution is -2.46. The summed E-state index contributed by atoms with van der Waals surface area (Å²) in [5, 5.41) is 3.98. The smallest absolute Gasteiger partial charge is 0.257 e. The molecular weight excluding hydrogens is 380 g/mol. The van der Waals surface area contributed by atoms with E-state index in [0.717, 1.165) is 30.7 Å². The number of halogens is 1. The van der Waals surface area contributed by atoms with E-state index < -0.39 is 0 Å². The van der Waals surface area contributed by atoms with Gasteiger partial charge in [0.2, 0.25) is 0 Å². The molecule has 1 saturated heterocycles. The maximum atomic E-state index is 13.3. The van der Waals surface area contributed by atoms with Gasteiger partial charge in [0.1, 0.15) is 19.4 Å². The Morgan fingerprint density at radius 3 is 2.86 bits per heavy atom. The first-order chi connectivity index (χ1) is 13.7. The van der Waals surface area contributed by atoms with E-state index in [1.54, 1.807) is 0 Å². The van der Waals surface area contributed by atoms with Crippen LogP contribution >= 0.6 is 11.6 Å². The van der Waals surface area contributed by atoms with Crippen molar-refractivity contribution in [3.8, 4) is 11.5 Å². The second-order valence-electron chi connectivity index (χ2n) is 7.21. The molecule has 6 nitrogen and oxygen atoms in total. The highest BCUT2D eigenvalue weighted by Gasteiger charge is 2.36. The highest BCUT2D eigenvalue weighted by Crippen LogP contribution is 2.42. The Hall–Kier alpha value is -2.44. The molecule has 3 aliphatic rings. The molecule has 7 heteroatoms. The van der Waals surface area contributed by atoms with Crippen LogP contribution in [0, 0.1) is 0 Å². The van der Waals surface area contributed by atoms with Gasteiger partial charge in [0.25, 0.3) is 5.91 Å². The van der Waals surface area contributed by atoms with E-state index in [2.05, 4.69) is 5.32 Å². The molecule has 0 saturated carbocycles. The number of benzene rings is 2. The second-order valence-corrected chi connectivity index (χ2v) is 7.62. The van der Waals surface area contributed by atoms with Crippen molar-refractivity contribution in [3.05, 3.63) is 52.5 Å². The van der Waals surface area contributed by atoms with Crippen molar-refractivity contribution in [1.82, 2.24) is 4.90 Å². The zero-order chi connectivity index (χ0) is 19.1. The average Bonchev–Trinajstić information content (AvgIpc) is 3.23. The Labute approximate surface area is 168 Å². The Balaban J connectivity index is 1.55. The Kier molecular flexibility index (Phi) is 4.53. The van der Waals surface area contributed by atoms with E-state index >= 15 is 0 Å². The number of nitrogens with zero attached hydrogens (tertiary/aromatic N) is 1. The third-order valence-corrected chi connectivity index (χ3v) is 5.66. The Morgan fingerprint density at radius 2 is 2.00 bits per heavy atom. The van der Waals surface area contributed by atoms with E-state index in [0.29, 0.717) is 41.8 Å². The summed E-state index contributed by atoms with van der Waals surface area (Å²) in [5.74, 6) is 1.16. The van der Waals surface area contributed by atoms with Crippen LogP contribution in [0.5, 0.6) is 11.5 Å². The fourth-order valence-electron chi connectivity index (χ4n) is 4.04. The maximum Gasteiger partial charge on any atom is 0.257 e. The number of para-hydroxylation sites is 1. The number of amides is 1. The summed E-state index contributed by atoms with van der Waals surface area (Å²) in [6.45, 7) is 2.23. The lowest BCUT2D eigenvalue weighted by atomic mass is 10.0. The fourth-order valence-corrected chi connectivity index (χ4v) is 4.31. The number of ether oxygens (including phenoxy) is 3. The molecule has 3 aliphatic heterocycles. The van der Waals surface area contributed by atoms with Crippen molar-refractivity contribution in [1.29, 1.82) is 0 Å². The van der Waals surface area contributed by atoms with Crippen molar-refractivity contribution >= 4 is 23.2 Å². The molecule has 1 N–H and O–H groups in total. The van der Waals surface area contributed by atoms with Gasteiger partial charge in [-0.25, -0.2) is 0 Å². The van der Waals surface area contributed by atoms with E-state index in [1.807, 2.05) is 41.3 Å².